The number of H-pyrrole nitrogens is 2. The van der Waals surface area contributed by atoms with Gasteiger partial charge in [-0.2, -0.15) is 9.40 Å². The van der Waals surface area contributed by atoms with Gasteiger partial charge in [-0.3, -0.25) is 14.7 Å². The average Bonchev–Trinajstić information content (AvgIpc) is 3.68. The number of nitrogens with zero attached hydrogens (tertiary/aromatic N) is 5. The Bertz CT molecular complexity index is 1800. The first-order valence-corrected chi connectivity index (χ1v) is 15.2. The number of halogens is 2. The second kappa shape index (κ2) is 11.8. The number of hydrogen-bond donors (Lipinski definition) is 4. The van der Waals surface area contributed by atoms with Crippen molar-refractivity contribution < 1.29 is 26.8 Å². The third-order valence-electron chi connectivity index (χ3n) is 7.71. The summed E-state index contributed by atoms with van der Waals surface area (Å²) in [5.74, 6) is -2.99. The summed E-state index contributed by atoms with van der Waals surface area (Å²) >= 11 is 0. The van der Waals surface area contributed by atoms with E-state index in [0.717, 1.165) is 48.3 Å². The van der Waals surface area contributed by atoms with Gasteiger partial charge in [0.2, 0.25) is 10.0 Å². The van der Waals surface area contributed by atoms with Gasteiger partial charge >= 0.3 is 0 Å². The number of fused-ring (bicyclic) bond motifs is 1. The quantitative estimate of drug-likeness (QED) is 0.244. The SMILES string of the molecule is CN1CCN(c2ccc(C(=O)Nc3n[nH]c4c3CN(S(=O)(=O)c3cc(F)cc(F)c3)CC4)c(NC(=O)c3cnc[nH]3)c2)CC1. The van der Waals surface area contributed by atoms with Crippen LogP contribution < -0.4 is 15.5 Å². The van der Waals surface area contributed by atoms with Crippen molar-refractivity contribution in [1.29, 1.82) is 0 Å². The number of piperazine rings is 1. The zero-order valence-electron chi connectivity index (χ0n) is 23.6. The topological polar surface area (TPSA) is 159 Å². The number of rotatable bonds is 7. The molecule has 2 aliphatic rings. The van der Waals surface area contributed by atoms with E-state index in [4.69, 9.17) is 0 Å². The van der Waals surface area contributed by atoms with E-state index in [9.17, 15) is 26.8 Å². The van der Waals surface area contributed by atoms with E-state index >= 15 is 0 Å². The molecule has 4 heterocycles. The van der Waals surface area contributed by atoms with Gasteiger partial charge in [-0.1, -0.05) is 0 Å². The largest absolute Gasteiger partial charge is 0.369 e. The molecule has 0 unspecified atom stereocenters. The van der Waals surface area contributed by atoms with Gasteiger partial charge in [0.15, 0.2) is 5.82 Å². The van der Waals surface area contributed by atoms with E-state index in [1.165, 1.54) is 12.5 Å². The van der Waals surface area contributed by atoms with Crippen LogP contribution in [0, 0.1) is 11.6 Å². The minimum atomic E-state index is -4.25. The molecule has 6 rings (SSSR count). The number of amides is 2. The summed E-state index contributed by atoms with van der Waals surface area (Å²) in [7, 11) is -2.20. The van der Waals surface area contributed by atoms with Crippen LogP contribution in [0.5, 0.6) is 0 Å². The smallest absolute Gasteiger partial charge is 0.273 e. The number of aromatic nitrogens is 4. The van der Waals surface area contributed by atoms with Crippen molar-refractivity contribution in [2.24, 2.45) is 0 Å². The Morgan fingerprint density at radius 3 is 2.41 bits per heavy atom. The van der Waals surface area contributed by atoms with Crippen molar-refractivity contribution in [1.82, 2.24) is 29.4 Å². The van der Waals surface area contributed by atoms with E-state index in [-0.39, 0.29) is 42.3 Å². The first kappa shape index (κ1) is 29.4. The normalized spacial score (nSPS) is 16.0. The lowest BCUT2D eigenvalue weighted by Gasteiger charge is -2.34. The molecule has 4 N–H and O–H groups in total. The predicted octanol–water partition coefficient (Wildman–Crippen LogP) is 2.41. The Labute approximate surface area is 251 Å². The molecule has 0 saturated carbocycles. The van der Waals surface area contributed by atoms with Crippen molar-refractivity contribution in [3.05, 3.63) is 83.1 Å². The van der Waals surface area contributed by atoms with Crippen LogP contribution in [0.1, 0.15) is 32.1 Å². The lowest BCUT2D eigenvalue weighted by Crippen LogP contribution is -2.44. The molecule has 230 valence electrons. The van der Waals surface area contributed by atoms with E-state index < -0.39 is 38.4 Å². The second-order valence-corrected chi connectivity index (χ2v) is 12.6. The zero-order valence-corrected chi connectivity index (χ0v) is 24.4. The van der Waals surface area contributed by atoms with Crippen LogP contribution in [-0.4, -0.2) is 89.4 Å². The standard InChI is InChI=1S/C28H29F2N9O4S/c1-37-6-8-38(9-7-37)19-2-3-21(24(13-19)33-28(41)25-14-31-16-32-25)27(40)34-26-22-15-39(5-4-23(22)35-36-26)44(42,43)20-11-17(29)10-18(30)12-20/h2-3,10-14,16H,4-9,15H2,1H3,(H,31,32)(H,33,41)(H2,34,35,36,40). The van der Waals surface area contributed by atoms with Crippen molar-refractivity contribution >= 4 is 39.0 Å². The minimum absolute atomic E-state index is 0.0422. The summed E-state index contributed by atoms with van der Waals surface area (Å²) in [4.78, 5) is 37.0. The number of likely N-dealkylation sites (N-methyl/N-ethyl adjacent to an activating group) is 1. The van der Waals surface area contributed by atoms with Gasteiger partial charge in [-0.25, -0.2) is 22.2 Å². The maximum absolute atomic E-state index is 13.8. The number of sulfonamides is 1. The van der Waals surface area contributed by atoms with E-state index in [0.29, 0.717) is 17.3 Å². The number of anilines is 3. The number of carbonyl (C=O) groups excluding carboxylic acids is 2. The third kappa shape index (κ3) is 5.91. The van der Waals surface area contributed by atoms with Crippen LogP contribution in [0.3, 0.4) is 0 Å². The maximum Gasteiger partial charge on any atom is 0.273 e. The molecular formula is C28H29F2N9O4S. The third-order valence-corrected chi connectivity index (χ3v) is 9.53. The van der Waals surface area contributed by atoms with Crippen LogP contribution >= 0.6 is 0 Å². The van der Waals surface area contributed by atoms with Crippen molar-refractivity contribution in [3.63, 3.8) is 0 Å². The summed E-state index contributed by atoms with van der Waals surface area (Å²) in [5, 5.41) is 12.6. The van der Waals surface area contributed by atoms with E-state index in [1.54, 1.807) is 18.2 Å². The van der Waals surface area contributed by atoms with Gasteiger partial charge in [0.05, 0.1) is 28.7 Å². The fraction of sp³-hybridized carbons (Fsp3) is 0.286. The Morgan fingerprint density at radius 2 is 1.70 bits per heavy atom. The Hall–Kier alpha value is -4.67. The number of imidazole rings is 1. The summed E-state index contributed by atoms with van der Waals surface area (Å²) < 4.78 is 55.1. The van der Waals surface area contributed by atoms with E-state index in [2.05, 4.69) is 40.6 Å². The second-order valence-electron chi connectivity index (χ2n) is 10.6. The van der Waals surface area contributed by atoms with Crippen LogP contribution in [0.15, 0.2) is 53.8 Å². The molecule has 2 aromatic carbocycles. The number of aromatic amines is 2. The molecule has 1 saturated heterocycles. The van der Waals surface area contributed by atoms with Gasteiger partial charge < -0.3 is 25.4 Å². The molecule has 0 aliphatic carbocycles. The van der Waals surface area contributed by atoms with Crippen molar-refractivity contribution in [2.75, 3.05) is 55.3 Å². The lowest BCUT2D eigenvalue weighted by molar-refractivity contribution is 0.102. The summed E-state index contributed by atoms with van der Waals surface area (Å²) in [6, 6.07) is 7.27. The predicted molar refractivity (Wildman–Crippen MR) is 157 cm³/mol. The van der Waals surface area contributed by atoms with Gasteiger partial charge in [-0.05, 0) is 37.4 Å². The highest BCUT2D eigenvalue weighted by Crippen LogP contribution is 2.31. The molecule has 0 bridgehead atoms. The molecule has 0 spiro atoms. The molecule has 2 amide bonds. The van der Waals surface area contributed by atoms with Gasteiger partial charge in [0, 0.05) is 68.7 Å². The van der Waals surface area contributed by atoms with Crippen LogP contribution in [0.4, 0.5) is 26.0 Å². The summed E-state index contributed by atoms with van der Waals surface area (Å²) in [5.41, 5.74) is 2.50. The highest BCUT2D eigenvalue weighted by molar-refractivity contribution is 7.89. The van der Waals surface area contributed by atoms with Gasteiger partial charge in [-0.15, -0.1) is 0 Å². The molecule has 16 heteroatoms. The molecule has 0 radical (unpaired) electrons. The zero-order chi connectivity index (χ0) is 31.0. The molecule has 4 aromatic rings. The van der Waals surface area contributed by atoms with Gasteiger partial charge in [0.1, 0.15) is 17.3 Å². The number of carbonyl (C=O) groups is 2. The monoisotopic (exact) mass is 625 g/mol. The molecule has 13 nitrogen and oxygen atoms in total. The lowest BCUT2D eigenvalue weighted by atomic mass is 10.1. The van der Waals surface area contributed by atoms with Crippen LogP contribution in [0.25, 0.3) is 0 Å². The summed E-state index contributed by atoms with van der Waals surface area (Å²) in [6.45, 7) is 3.13. The van der Waals surface area contributed by atoms with Gasteiger partial charge in [0.25, 0.3) is 11.8 Å². The molecule has 44 heavy (non-hydrogen) atoms. The van der Waals surface area contributed by atoms with E-state index in [1.807, 2.05) is 7.05 Å². The molecular weight excluding hydrogens is 596 g/mol. The number of nitrogens with one attached hydrogen (secondary N) is 4. The fourth-order valence-electron chi connectivity index (χ4n) is 5.24. The molecule has 1 fully saturated rings. The Morgan fingerprint density at radius 1 is 0.955 bits per heavy atom. The number of benzene rings is 2. The Kier molecular flexibility index (Phi) is 7.87. The minimum Gasteiger partial charge on any atom is -0.369 e. The van der Waals surface area contributed by atoms with Crippen LogP contribution in [0.2, 0.25) is 0 Å². The Balaban J connectivity index is 1.26. The van der Waals surface area contributed by atoms with Crippen LogP contribution in [-0.2, 0) is 23.0 Å². The first-order valence-electron chi connectivity index (χ1n) is 13.8. The van der Waals surface area contributed by atoms with Crippen molar-refractivity contribution in [2.45, 2.75) is 17.9 Å². The maximum atomic E-state index is 13.8. The molecule has 2 aromatic heterocycles. The first-order chi connectivity index (χ1) is 21.1. The average molecular weight is 626 g/mol. The van der Waals surface area contributed by atoms with Crippen molar-refractivity contribution in [3.8, 4) is 0 Å². The highest BCUT2D eigenvalue weighted by Gasteiger charge is 2.32. The number of hydrogen-bond acceptors (Lipinski definition) is 8. The molecule has 0 atom stereocenters. The summed E-state index contributed by atoms with van der Waals surface area (Å²) in [6.07, 6.45) is 2.98. The highest BCUT2D eigenvalue weighted by atomic mass is 32.2. The molecule has 2 aliphatic heterocycles. The fourth-order valence-corrected chi connectivity index (χ4v) is 6.70.